The van der Waals surface area contributed by atoms with Crippen LogP contribution in [-0.2, 0) is 4.74 Å². The van der Waals surface area contributed by atoms with Crippen LogP contribution in [0.25, 0.3) is 22.3 Å². The molecule has 4 rings (SSSR count). The normalized spacial score (nSPS) is 24.8. The van der Waals surface area contributed by atoms with Gasteiger partial charge in [0.2, 0.25) is 23.2 Å². The van der Waals surface area contributed by atoms with Crippen LogP contribution in [-0.4, -0.2) is 80.2 Å². The first kappa shape index (κ1) is 23.6. The minimum atomic E-state index is -1.83. The Morgan fingerprint density at radius 3 is 2.24 bits per heavy atom. The smallest absolute Gasteiger partial charge is 0.239 e. The third kappa shape index (κ3) is 3.87. The first-order valence-electron chi connectivity index (χ1n) is 10.0. The molecule has 2 heterocycles. The van der Waals surface area contributed by atoms with Crippen LogP contribution in [0.15, 0.2) is 39.5 Å². The molecule has 5 atom stereocenters. The summed E-state index contributed by atoms with van der Waals surface area (Å²) in [5, 5.41) is 69.5. The fraction of sp³-hybridized carbons (Fsp3) is 0.318. The summed E-state index contributed by atoms with van der Waals surface area (Å²) in [6.07, 6.45) is -8.29. The lowest BCUT2D eigenvalue weighted by atomic mass is 9.99. The highest BCUT2D eigenvalue weighted by Gasteiger charge is 2.45. The van der Waals surface area contributed by atoms with Gasteiger partial charge >= 0.3 is 0 Å². The van der Waals surface area contributed by atoms with Gasteiger partial charge in [0.15, 0.2) is 17.1 Å². The molecule has 1 aliphatic rings. The lowest BCUT2D eigenvalue weighted by Gasteiger charge is -2.39. The number of phenols is 3. The fourth-order valence-corrected chi connectivity index (χ4v) is 3.68. The van der Waals surface area contributed by atoms with Gasteiger partial charge in [0.1, 0.15) is 41.3 Å². The number of hydrogen-bond donors (Lipinski definition) is 7. The van der Waals surface area contributed by atoms with E-state index < -0.39 is 65.4 Å². The van der Waals surface area contributed by atoms with Crippen LogP contribution in [0.5, 0.6) is 28.7 Å². The molecule has 1 aliphatic heterocycles. The molecule has 7 N–H and O–H groups in total. The van der Waals surface area contributed by atoms with Crippen LogP contribution in [0, 0.1) is 0 Å². The lowest BCUT2D eigenvalue weighted by Crippen LogP contribution is -2.60. The van der Waals surface area contributed by atoms with Crippen LogP contribution >= 0.6 is 0 Å². The zero-order chi connectivity index (χ0) is 24.7. The van der Waals surface area contributed by atoms with Gasteiger partial charge in [-0.3, -0.25) is 4.79 Å². The Balaban J connectivity index is 1.94. The predicted octanol–water partition coefficient (Wildman–Crippen LogP) is -0.236. The van der Waals surface area contributed by atoms with Crippen LogP contribution in [0.2, 0.25) is 0 Å². The van der Waals surface area contributed by atoms with E-state index >= 15 is 0 Å². The van der Waals surface area contributed by atoms with Crippen LogP contribution < -0.4 is 14.9 Å². The van der Waals surface area contributed by atoms with Gasteiger partial charge in [-0.25, -0.2) is 0 Å². The second-order valence-electron chi connectivity index (χ2n) is 7.60. The van der Waals surface area contributed by atoms with E-state index in [2.05, 4.69) is 0 Å². The summed E-state index contributed by atoms with van der Waals surface area (Å²) >= 11 is 0. The van der Waals surface area contributed by atoms with E-state index in [1.807, 2.05) is 0 Å². The van der Waals surface area contributed by atoms with Crippen molar-refractivity contribution in [3.05, 3.63) is 40.6 Å². The minimum Gasteiger partial charge on any atom is -0.508 e. The van der Waals surface area contributed by atoms with Crippen molar-refractivity contribution < 1.29 is 54.4 Å². The molecule has 182 valence electrons. The van der Waals surface area contributed by atoms with E-state index in [4.69, 9.17) is 18.6 Å². The number of hydrogen-bond acceptors (Lipinski definition) is 12. The molecular formula is C22H22O12. The first-order chi connectivity index (χ1) is 16.2. The number of fused-ring (bicyclic) bond motifs is 1. The van der Waals surface area contributed by atoms with E-state index in [-0.39, 0.29) is 28.4 Å². The SMILES string of the molecule is COc1c(O)cc(O)c2c(=O)c(OC3OC(CO)C(O)C(O)C3O)c(-c3ccc(O)cc3)oc12. The molecule has 1 saturated heterocycles. The van der Waals surface area contributed by atoms with Crippen molar-refractivity contribution in [1.29, 1.82) is 0 Å². The highest BCUT2D eigenvalue weighted by atomic mass is 16.7. The van der Waals surface area contributed by atoms with E-state index in [1.165, 1.54) is 31.4 Å². The molecule has 0 radical (unpaired) electrons. The average Bonchev–Trinajstić information content (AvgIpc) is 2.81. The molecule has 5 unspecified atom stereocenters. The average molecular weight is 478 g/mol. The Morgan fingerprint density at radius 1 is 0.941 bits per heavy atom. The number of methoxy groups -OCH3 is 1. The van der Waals surface area contributed by atoms with Crippen molar-refractivity contribution in [2.45, 2.75) is 30.7 Å². The molecule has 34 heavy (non-hydrogen) atoms. The minimum absolute atomic E-state index is 0.0869. The monoisotopic (exact) mass is 478 g/mol. The standard InChI is InChI=1S/C22H22O12/c1-31-19-11(26)6-10(25)13-15(28)21(18(33-20(13)19)8-2-4-9(24)5-3-8)34-22-17(30)16(29)14(27)12(7-23)32-22/h2-6,12,14,16-17,22-27,29-30H,7H2,1H3. The molecule has 1 fully saturated rings. The maximum atomic E-state index is 13.4. The Kier molecular flexibility index (Phi) is 6.25. The quantitative estimate of drug-likeness (QED) is 0.254. The molecule has 0 bridgehead atoms. The Morgan fingerprint density at radius 2 is 1.62 bits per heavy atom. The van der Waals surface area contributed by atoms with Crippen LogP contribution in [0.4, 0.5) is 0 Å². The van der Waals surface area contributed by atoms with E-state index in [9.17, 15) is 40.5 Å². The number of aromatic hydroxyl groups is 3. The van der Waals surface area contributed by atoms with Crippen molar-refractivity contribution in [3.63, 3.8) is 0 Å². The molecule has 12 heteroatoms. The Bertz CT molecular complexity index is 1250. The topological polar surface area (TPSA) is 200 Å². The van der Waals surface area contributed by atoms with Gasteiger partial charge in [-0.1, -0.05) is 0 Å². The summed E-state index contributed by atoms with van der Waals surface area (Å²) < 4.78 is 21.8. The van der Waals surface area contributed by atoms with Crippen LogP contribution in [0.3, 0.4) is 0 Å². The Labute approximate surface area is 191 Å². The first-order valence-corrected chi connectivity index (χ1v) is 10.0. The maximum absolute atomic E-state index is 13.4. The van der Waals surface area contributed by atoms with E-state index in [0.29, 0.717) is 0 Å². The molecule has 1 aromatic heterocycles. The summed E-state index contributed by atoms with van der Waals surface area (Å²) in [7, 11) is 1.21. The molecular weight excluding hydrogens is 456 g/mol. The van der Waals surface area contributed by atoms with Crippen LogP contribution in [0.1, 0.15) is 0 Å². The molecule has 0 aliphatic carbocycles. The third-order valence-electron chi connectivity index (χ3n) is 5.46. The number of phenolic OH excluding ortho intramolecular Hbond substituents is 3. The van der Waals surface area contributed by atoms with Gasteiger partial charge in [-0.05, 0) is 24.3 Å². The zero-order valence-electron chi connectivity index (χ0n) is 17.7. The fourth-order valence-electron chi connectivity index (χ4n) is 3.68. The summed E-state index contributed by atoms with van der Waals surface area (Å²) in [5.74, 6) is -2.31. The molecule has 2 aromatic carbocycles. The maximum Gasteiger partial charge on any atom is 0.239 e. The van der Waals surface area contributed by atoms with E-state index in [1.54, 1.807) is 0 Å². The second kappa shape index (κ2) is 9.00. The summed E-state index contributed by atoms with van der Waals surface area (Å²) in [6.45, 7) is -0.723. The predicted molar refractivity (Wildman–Crippen MR) is 114 cm³/mol. The summed E-state index contributed by atoms with van der Waals surface area (Å²) in [5.41, 5.74) is -1.05. The van der Waals surface area contributed by atoms with Gasteiger partial charge in [-0.2, -0.15) is 0 Å². The number of aliphatic hydroxyl groups excluding tert-OH is 4. The number of benzene rings is 2. The van der Waals surface area contributed by atoms with Gasteiger partial charge in [0.05, 0.1) is 13.7 Å². The molecule has 0 saturated carbocycles. The Hall–Kier alpha value is -3.55. The van der Waals surface area contributed by atoms with Crippen molar-refractivity contribution in [1.82, 2.24) is 0 Å². The lowest BCUT2D eigenvalue weighted by molar-refractivity contribution is -0.277. The zero-order valence-corrected chi connectivity index (χ0v) is 17.7. The van der Waals surface area contributed by atoms with Gasteiger partial charge in [0, 0.05) is 11.6 Å². The van der Waals surface area contributed by atoms with E-state index in [0.717, 1.165) is 6.07 Å². The molecule has 0 amide bonds. The van der Waals surface area contributed by atoms with Crippen molar-refractivity contribution in [2.75, 3.05) is 13.7 Å². The van der Waals surface area contributed by atoms with Crippen molar-refractivity contribution >= 4 is 11.0 Å². The second-order valence-corrected chi connectivity index (χ2v) is 7.60. The van der Waals surface area contributed by atoms with Gasteiger partial charge < -0.3 is 54.4 Å². The van der Waals surface area contributed by atoms with Crippen molar-refractivity contribution in [3.8, 4) is 40.1 Å². The number of ether oxygens (including phenoxy) is 3. The molecule has 0 spiro atoms. The number of aliphatic hydroxyl groups is 4. The largest absolute Gasteiger partial charge is 0.508 e. The third-order valence-corrected chi connectivity index (χ3v) is 5.46. The van der Waals surface area contributed by atoms with Gasteiger partial charge in [-0.15, -0.1) is 0 Å². The summed E-state index contributed by atoms with van der Waals surface area (Å²) in [6, 6.07) is 6.24. The molecule has 3 aromatic rings. The number of rotatable bonds is 5. The highest BCUT2D eigenvalue weighted by molar-refractivity contribution is 5.93. The molecule has 12 nitrogen and oxygen atoms in total. The van der Waals surface area contributed by atoms with Gasteiger partial charge in [0.25, 0.3) is 0 Å². The highest BCUT2D eigenvalue weighted by Crippen LogP contribution is 2.43. The summed E-state index contributed by atoms with van der Waals surface area (Å²) in [4.78, 5) is 13.4. The van der Waals surface area contributed by atoms with Crippen molar-refractivity contribution in [2.24, 2.45) is 0 Å².